The molecule has 4 heterocycles. The largest absolute Gasteiger partial charge is 0.455 e. The van der Waals surface area contributed by atoms with Crippen molar-refractivity contribution in [2.24, 2.45) is 0 Å². The summed E-state index contributed by atoms with van der Waals surface area (Å²) >= 11 is 1.91. The second-order valence-corrected chi connectivity index (χ2v) is 27.6. The van der Waals surface area contributed by atoms with Gasteiger partial charge in [-0.25, -0.2) is 0 Å². The number of hydrogen-bond donors (Lipinski definition) is 0. The summed E-state index contributed by atoms with van der Waals surface area (Å²) in [6.45, 7) is 0. The van der Waals surface area contributed by atoms with Gasteiger partial charge in [-0.3, -0.25) is 0 Å². The fraction of sp³-hybridized carbons (Fsp3) is 0. The van der Waals surface area contributed by atoms with Gasteiger partial charge in [0.1, 0.15) is 11.2 Å². The lowest BCUT2D eigenvalue weighted by molar-refractivity contribution is 0.672. The van der Waals surface area contributed by atoms with Crippen molar-refractivity contribution < 1.29 is 4.42 Å². The Hall–Kier alpha value is -13.3. The van der Waals surface area contributed by atoms with Crippen molar-refractivity contribution in [1.82, 2.24) is 9.13 Å². The molecule has 0 fully saturated rings. The molecule has 22 rings (SSSR count). The van der Waals surface area contributed by atoms with Gasteiger partial charge in [0.25, 0.3) is 0 Å². The molecule has 0 aliphatic rings. The summed E-state index contributed by atoms with van der Waals surface area (Å²) in [7, 11) is 0. The van der Waals surface area contributed by atoms with Crippen molar-refractivity contribution in [3.8, 4) is 11.4 Å². The van der Waals surface area contributed by atoms with E-state index in [0.29, 0.717) is 0 Å². The highest BCUT2D eigenvalue weighted by atomic mass is 32.1. The summed E-state index contributed by atoms with van der Waals surface area (Å²) < 4.78 is 14.0. The first-order valence-corrected chi connectivity index (χ1v) is 35.7. The number of benzene rings is 18. The zero-order chi connectivity index (χ0) is 66.9. The van der Waals surface area contributed by atoms with Gasteiger partial charge in [-0.05, 0) is 175 Å². The maximum Gasteiger partial charge on any atom is 0.143 e. The van der Waals surface area contributed by atoms with Crippen LogP contribution in [0.5, 0.6) is 0 Å². The van der Waals surface area contributed by atoms with Gasteiger partial charge in [-0.15, -0.1) is 11.3 Å². The number of furan rings is 1. The van der Waals surface area contributed by atoms with E-state index >= 15 is 0 Å². The Balaban J connectivity index is 0.000000133. The van der Waals surface area contributed by atoms with Gasteiger partial charge in [0.2, 0.25) is 0 Å². The highest BCUT2D eigenvalue weighted by Crippen LogP contribution is 2.50. The van der Waals surface area contributed by atoms with E-state index in [1.807, 2.05) is 17.4 Å². The molecule has 476 valence electrons. The van der Waals surface area contributed by atoms with Crippen LogP contribution >= 0.6 is 11.3 Å². The van der Waals surface area contributed by atoms with Crippen molar-refractivity contribution in [2.75, 3.05) is 9.80 Å². The van der Waals surface area contributed by atoms with E-state index in [4.69, 9.17) is 4.42 Å². The van der Waals surface area contributed by atoms with Crippen LogP contribution < -0.4 is 9.80 Å². The fourth-order valence-corrected chi connectivity index (χ4v) is 18.0. The predicted molar refractivity (Wildman–Crippen MR) is 436 cm³/mol. The number of fused-ring (bicyclic) bond motifs is 25. The predicted octanol–water partition coefficient (Wildman–Crippen LogP) is 27.7. The van der Waals surface area contributed by atoms with Crippen LogP contribution in [0, 0.1) is 0 Å². The van der Waals surface area contributed by atoms with Crippen molar-refractivity contribution in [3.63, 3.8) is 0 Å². The summed E-state index contributed by atoms with van der Waals surface area (Å²) in [4.78, 5) is 4.84. The molecule has 6 heteroatoms. The Morgan fingerprint density at radius 3 is 1.26 bits per heavy atom. The molecular formula is C96H60N4OS. The molecule has 4 aromatic heterocycles. The number of thiophene rings is 1. The van der Waals surface area contributed by atoms with Crippen molar-refractivity contribution in [3.05, 3.63) is 364 Å². The number of nitrogens with zero attached hydrogens (tertiary/aromatic N) is 4. The molecule has 22 aromatic rings. The molecule has 0 N–H and O–H groups in total. The van der Waals surface area contributed by atoms with Crippen LogP contribution in [0.15, 0.2) is 368 Å². The van der Waals surface area contributed by atoms with Crippen LogP contribution in [-0.2, 0) is 0 Å². The molecule has 102 heavy (non-hydrogen) atoms. The lowest BCUT2D eigenvalue weighted by Crippen LogP contribution is -2.11. The normalized spacial score (nSPS) is 11.9. The molecule has 0 radical (unpaired) electrons. The minimum absolute atomic E-state index is 0.921. The Morgan fingerprint density at radius 2 is 0.657 bits per heavy atom. The van der Waals surface area contributed by atoms with Crippen LogP contribution in [0.3, 0.4) is 0 Å². The zero-order valence-electron chi connectivity index (χ0n) is 55.2. The average Bonchev–Trinajstić information content (AvgIpc) is 1.41. The third kappa shape index (κ3) is 8.90. The van der Waals surface area contributed by atoms with Crippen LogP contribution in [0.25, 0.3) is 162 Å². The Bertz CT molecular complexity index is 7130. The molecule has 5 nitrogen and oxygen atoms in total. The molecule has 0 aliphatic carbocycles. The lowest BCUT2D eigenvalue weighted by Gasteiger charge is -2.27. The molecule has 18 aromatic carbocycles. The fourth-order valence-electron chi connectivity index (χ4n) is 16.7. The topological polar surface area (TPSA) is 29.5 Å². The zero-order valence-corrected chi connectivity index (χ0v) is 56.1. The van der Waals surface area contributed by atoms with Gasteiger partial charge < -0.3 is 23.4 Å². The van der Waals surface area contributed by atoms with Gasteiger partial charge in [0, 0.05) is 97.4 Å². The summed E-state index contributed by atoms with van der Waals surface area (Å²) in [5, 5.41) is 24.9. The van der Waals surface area contributed by atoms with E-state index in [0.717, 1.165) is 72.8 Å². The first-order valence-electron chi connectivity index (χ1n) is 34.9. The van der Waals surface area contributed by atoms with E-state index in [1.54, 1.807) is 0 Å². The summed E-state index contributed by atoms with van der Waals surface area (Å²) in [6.07, 6.45) is 0. The third-order valence-corrected chi connectivity index (χ3v) is 22.2. The number of anilines is 6. The van der Waals surface area contributed by atoms with Gasteiger partial charge in [-0.1, -0.05) is 243 Å². The number of hydrogen-bond acceptors (Lipinski definition) is 4. The number of rotatable bonds is 8. The third-order valence-electron chi connectivity index (χ3n) is 21.0. The van der Waals surface area contributed by atoms with Gasteiger partial charge in [0.05, 0.1) is 33.4 Å². The first-order chi connectivity index (χ1) is 50.6. The molecule has 0 saturated carbocycles. The van der Waals surface area contributed by atoms with Crippen LogP contribution in [-0.4, -0.2) is 9.13 Å². The maximum absolute atomic E-state index is 6.47. The smallest absolute Gasteiger partial charge is 0.143 e. The van der Waals surface area contributed by atoms with E-state index in [9.17, 15) is 0 Å². The minimum atomic E-state index is 0.921. The van der Waals surface area contributed by atoms with E-state index in [1.165, 1.54) is 123 Å². The molecule has 0 saturated heterocycles. The second kappa shape index (κ2) is 23.2. The SMILES string of the molecule is c1ccc(N(c2ccc3c(ccc4c3c3ccccc3c3sc5ccccc5c43)c2)c2cccc3c4ccccc4n(-c4ccccc4)c23)cc1.c1ccc(N(c2ccc3c(ccc4ccc5c(ccc6c7ccccc7oc65)c43)c2)c2cccc3c4ccccc4n(-c4ccccc4)c23)cc1. The molecule has 0 amide bonds. The van der Waals surface area contributed by atoms with Gasteiger partial charge in [-0.2, -0.15) is 0 Å². The summed E-state index contributed by atoms with van der Waals surface area (Å²) in [5.74, 6) is 0. The first kappa shape index (κ1) is 57.8. The lowest BCUT2D eigenvalue weighted by atomic mass is 9.93. The Kier molecular flexibility index (Phi) is 13.1. The molecular weight excluding hydrogens is 1260 g/mol. The Labute approximate surface area is 590 Å². The molecule has 0 unspecified atom stereocenters. The maximum atomic E-state index is 6.47. The minimum Gasteiger partial charge on any atom is -0.455 e. The number of aromatic nitrogens is 2. The Morgan fingerprint density at radius 1 is 0.245 bits per heavy atom. The van der Waals surface area contributed by atoms with Gasteiger partial charge >= 0.3 is 0 Å². The molecule has 0 bridgehead atoms. The van der Waals surface area contributed by atoms with Crippen molar-refractivity contribution in [1.29, 1.82) is 0 Å². The van der Waals surface area contributed by atoms with Crippen LogP contribution in [0.1, 0.15) is 0 Å². The van der Waals surface area contributed by atoms with Gasteiger partial charge in [0.15, 0.2) is 0 Å². The monoisotopic (exact) mass is 1320 g/mol. The highest BCUT2D eigenvalue weighted by Gasteiger charge is 2.26. The van der Waals surface area contributed by atoms with Crippen LogP contribution in [0.2, 0.25) is 0 Å². The van der Waals surface area contributed by atoms with Crippen LogP contribution in [0.4, 0.5) is 34.1 Å². The molecule has 0 atom stereocenters. The van der Waals surface area contributed by atoms with Crippen molar-refractivity contribution >= 4 is 196 Å². The standard InChI is InChI=1S/C48H30N2O.C48H30N2S/c1-3-12-33(13-4-1)49(44-20-11-18-40-37-16-7-9-19-43(37)50(47(40)44)34-14-5-2-6-15-34)35-25-27-36-32(30-35)23-22-31-24-26-42-39(46(31)36)28-29-41-38-17-8-10-21-45(38)51-48(41)42;1-3-14-32(15-4-1)49(43-24-13-22-38-36-18-9-11-23-42(36)50(47(38)43)33-16-5-2-6-17-33)34-27-29-35-31(30-34)26-28-41-45(35)37-19-7-8-20-39(37)48-46(41)40-21-10-12-25-44(40)51-48/h2*1-30H. The summed E-state index contributed by atoms with van der Waals surface area (Å²) in [5.41, 5.74) is 15.6. The van der Waals surface area contributed by atoms with Crippen molar-refractivity contribution in [2.45, 2.75) is 0 Å². The highest BCUT2D eigenvalue weighted by molar-refractivity contribution is 7.27. The summed E-state index contributed by atoms with van der Waals surface area (Å²) in [6, 6.07) is 132. The van der Waals surface area contributed by atoms with E-state index in [2.05, 4.69) is 377 Å². The second-order valence-electron chi connectivity index (χ2n) is 26.6. The number of para-hydroxylation sites is 9. The quantitative estimate of drug-likeness (QED) is 0.142. The average molecular weight is 1320 g/mol. The molecule has 0 aliphatic heterocycles. The van der Waals surface area contributed by atoms with E-state index in [-0.39, 0.29) is 0 Å². The van der Waals surface area contributed by atoms with E-state index < -0.39 is 0 Å². The molecule has 0 spiro atoms.